The Morgan fingerprint density at radius 1 is 1.03 bits per heavy atom. The Balaban J connectivity index is 1.22. The first-order valence-electron chi connectivity index (χ1n) is 10.8. The smallest absolute Gasteiger partial charge is 0.350 e. The third-order valence-electron chi connectivity index (χ3n) is 5.52. The zero-order valence-electron chi connectivity index (χ0n) is 18.2. The van der Waals surface area contributed by atoms with Crippen LogP contribution in [0.5, 0.6) is 11.5 Å². The van der Waals surface area contributed by atoms with E-state index in [0.717, 1.165) is 15.8 Å². The maximum atomic E-state index is 12.9. The van der Waals surface area contributed by atoms with Crippen molar-refractivity contribution in [3.05, 3.63) is 82.9 Å². The van der Waals surface area contributed by atoms with Gasteiger partial charge in [-0.05, 0) is 29.8 Å². The number of rotatable bonds is 6. The van der Waals surface area contributed by atoms with Crippen molar-refractivity contribution >= 4 is 11.6 Å². The standard InChI is InChI=1S/C24H18N6O5/c31-20(25-12-15-8-9-18-19(11-15)34-14-33-18)13-30-24(32)29-10-4-7-17(22(29)27-30)23-26-21(28-35-23)16-5-2-1-3-6-16/h1-11H,12-14H2,(H,25,31). The van der Waals surface area contributed by atoms with Crippen LogP contribution in [-0.4, -0.2) is 37.0 Å². The van der Waals surface area contributed by atoms with Crippen molar-refractivity contribution in [2.75, 3.05) is 6.79 Å². The third kappa shape index (κ3) is 3.88. The summed E-state index contributed by atoms with van der Waals surface area (Å²) >= 11 is 0. The van der Waals surface area contributed by atoms with E-state index in [9.17, 15) is 9.59 Å². The largest absolute Gasteiger partial charge is 0.454 e. The summed E-state index contributed by atoms with van der Waals surface area (Å²) in [6.07, 6.45) is 1.57. The number of aromatic nitrogens is 5. The molecule has 11 heteroatoms. The van der Waals surface area contributed by atoms with Gasteiger partial charge in [0, 0.05) is 18.3 Å². The first-order chi connectivity index (χ1) is 17.2. The zero-order valence-corrected chi connectivity index (χ0v) is 18.2. The number of pyridine rings is 1. The number of hydrogen-bond donors (Lipinski definition) is 1. The summed E-state index contributed by atoms with van der Waals surface area (Å²) in [4.78, 5) is 29.9. The van der Waals surface area contributed by atoms with Gasteiger partial charge in [-0.3, -0.25) is 4.79 Å². The van der Waals surface area contributed by atoms with Gasteiger partial charge in [0.15, 0.2) is 17.1 Å². The van der Waals surface area contributed by atoms with Crippen LogP contribution >= 0.6 is 0 Å². The molecule has 1 aliphatic heterocycles. The minimum absolute atomic E-state index is 0.182. The SMILES string of the molecule is O=C(Cn1nc2c(-c3nc(-c4ccccc4)no3)cccn2c1=O)NCc1ccc2c(c1)OCO2. The number of nitrogens with one attached hydrogen (secondary N) is 1. The van der Waals surface area contributed by atoms with Crippen LogP contribution < -0.4 is 20.5 Å². The van der Waals surface area contributed by atoms with E-state index in [1.807, 2.05) is 36.4 Å². The lowest BCUT2D eigenvalue weighted by Gasteiger charge is -2.06. The normalized spacial score (nSPS) is 12.2. The molecule has 0 unspecified atom stereocenters. The van der Waals surface area contributed by atoms with E-state index in [1.165, 1.54) is 4.40 Å². The molecule has 0 bridgehead atoms. The van der Waals surface area contributed by atoms with Gasteiger partial charge in [0.25, 0.3) is 5.89 Å². The predicted molar refractivity (Wildman–Crippen MR) is 123 cm³/mol. The van der Waals surface area contributed by atoms with Gasteiger partial charge in [-0.25, -0.2) is 13.9 Å². The molecule has 1 amide bonds. The highest BCUT2D eigenvalue weighted by Gasteiger charge is 2.19. The summed E-state index contributed by atoms with van der Waals surface area (Å²) in [5.74, 6) is 1.59. The molecule has 5 aromatic rings. The van der Waals surface area contributed by atoms with E-state index >= 15 is 0 Å². The summed E-state index contributed by atoms with van der Waals surface area (Å²) in [5.41, 5.74) is 1.99. The second kappa shape index (κ2) is 8.45. The second-order valence-corrected chi connectivity index (χ2v) is 7.81. The molecular weight excluding hydrogens is 452 g/mol. The van der Waals surface area contributed by atoms with Gasteiger partial charge in [-0.15, -0.1) is 5.10 Å². The number of carbonyl (C=O) groups is 1. The van der Waals surface area contributed by atoms with Crippen LogP contribution in [0.4, 0.5) is 0 Å². The Morgan fingerprint density at radius 2 is 1.89 bits per heavy atom. The number of benzene rings is 2. The van der Waals surface area contributed by atoms with Crippen LogP contribution in [0.25, 0.3) is 28.5 Å². The lowest BCUT2D eigenvalue weighted by molar-refractivity contribution is -0.122. The molecule has 6 rings (SSSR count). The van der Waals surface area contributed by atoms with Crippen LogP contribution in [0, 0.1) is 0 Å². The molecule has 0 aliphatic carbocycles. The van der Waals surface area contributed by atoms with Gasteiger partial charge in [-0.1, -0.05) is 41.6 Å². The molecule has 0 spiro atoms. The summed E-state index contributed by atoms with van der Waals surface area (Å²) in [5, 5.41) is 11.2. The van der Waals surface area contributed by atoms with Gasteiger partial charge >= 0.3 is 5.69 Å². The molecule has 35 heavy (non-hydrogen) atoms. The van der Waals surface area contributed by atoms with E-state index in [1.54, 1.807) is 30.5 Å². The number of nitrogens with zero attached hydrogens (tertiary/aromatic N) is 5. The molecule has 0 saturated carbocycles. The molecule has 1 N–H and O–H groups in total. The van der Waals surface area contributed by atoms with Crippen molar-refractivity contribution in [2.45, 2.75) is 13.1 Å². The molecule has 2 aromatic carbocycles. The molecule has 4 heterocycles. The van der Waals surface area contributed by atoms with E-state index < -0.39 is 5.69 Å². The van der Waals surface area contributed by atoms with Gasteiger partial charge in [0.1, 0.15) is 6.54 Å². The van der Waals surface area contributed by atoms with Gasteiger partial charge in [-0.2, -0.15) is 4.98 Å². The summed E-state index contributed by atoms with van der Waals surface area (Å²) in [6.45, 7) is 0.206. The molecule has 1 aliphatic rings. The number of carbonyl (C=O) groups excluding carboxylic acids is 1. The van der Waals surface area contributed by atoms with E-state index in [4.69, 9.17) is 14.0 Å². The second-order valence-electron chi connectivity index (χ2n) is 7.81. The minimum Gasteiger partial charge on any atom is -0.454 e. The highest BCUT2D eigenvalue weighted by atomic mass is 16.7. The predicted octanol–water partition coefficient (Wildman–Crippen LogP) is 2.26. The van der Waals surface area contributed by atoms with Gasteiger partial charge < -0.3 is 19.3 Å². The Labute approximate surface area is 197 Å². The topological polar surface area (TPSA) is 126 Å². The van der Waals surface area contributed by atoms with Gasteiger partial charge in [0.05, 0.1) is 5.56 Å². The van der Waals surface area contributed by atoms with Crippen LogP contribution in [0.1, 0.15) is 5.56 Å². The van der Waals surface area contributed by atoms with Crippen molar-refractivity contribution in [3.63, 3.8) is 0 Å². The van der Waals surface area contributed by atoms with Crippen LogP contribution in [0.2, 0.25) is 0 Å². The molecule has 0 radical (unpaired) electrons. The average Bonchev–Trinajstić information content (AvgIpc) is 3.63. The maximum Gasteiger partial charge on any atom is 0.350 e. The Bertz CT molecular complexity index is 1600. The number of fused-ring (bicyclic) bond motifs is 2. The van der Waals surface area contributed by atoms with Crippen LogP contribution in [0.3, 0.4) is 0 Å². The average molecular weight is 470 g/mol. The lowest BCUT2D eigenvalue weighted by atomic mass is 10.2. The minimum atomic E-state index is -0.456. The highest BCUT2D eigenvalue weighted by Crippen LogP contribution is 2.32. The van der Waals surface area contributed by atoms with Crippen LogP contribution in [-0.2, 0) is 17.9 Å². The van der Waals surface area contributed by atoms with E-state index in [-0.39, 0.29) is 31.7 Å². The number of ether oxygens (including phenoxy) is 2. The van der Waals surface area contributed by atoms with Gasteiger partial charge in [0.2, 0.25) is 18.5 Å². The quantitative estimate of drug-likeness (QED) is 0.401. The number of hydrogen-bond acceptors (Lipinski definition) is 8. The Hall–Kier alpha value is -4.93. The van der Waals surface area contributed by atoms with E-state index in [2.05, 4.69) is 20.6 Å². The summed E-state index contributed by atoms with van der Waals surface area (Å²) < 4.78 is 18.5. The zero-order chi connectivity index (χ0) is 23.8. The van der Waals surface area contributed by atoms with E-state index in [0.29, 0.717) is 28.5 Å². The monoisotopic (exact) mass is 470 g/mol. The summed E-state index contributed by atoms with van der Waals surface area (Å²) in [6, 6.07) is 18.2. The van der Waals surface area contributed by atoms with Crippen LogP contribution in [0.15, 0.2) is 76.2 Å². The lowest BCUT2D eigenvalue weighted by Crippen LogP contribution is -2.32. The van der Waals surface area contributed by atoms with Crippen molar-refractivity contribution in [1.29, 1.82) is 0 Å². The first-order valence-corrected chi connectivity index (χ1v) is 10.8. The molecule has 0 saturated heterocycles. The third-order valence-corrected chi connectivity index (χ3v) is 5.52. The Morgan fingerprint density at radius 3 is 2.77 bits per heavy atom. The molecule has 11 nitrogen and oxygen atoms in total. The fraction of sp³-hybridized carbons (Fsp3) is 0.125. The molecular formula is C24H18N6O5. The molecule has 0 atom stereocenters. The Kier molecular flexibility index (Phi) is 4.99. The van der Waals surface area contributed by atoms with Crippen molar-refractivity contribution in [3.8, 4) is 34.3 Å². The molecule has 3 aromatic heterocycles. The summed E-state index contributed by atoms with van der Waals surface area (Å²) in [7, 11) is 0. The fourth-order valence-electron chi connectivity index (χ4n) is 3.79. The number of amides is 1. The first kappa shape index (κ1) is 20.7. The highest BCUT2D eigenvalue weighted by molar-refractivity contribution is 5.76. The van der Waals surface area contributed by atoms with Crippen molar-refractivity contribution < 1.29 is 18.8 Å². The molecule has 0 fully saturated rings. The molecule has 174 valence electrons. The fourth-order valence-corrected chi connectivity index (χ4v) is 3.79. The van der Waals surface area contributed by atoms with Crippen molar-refractivity contribution in [1.82, 2.24) is 29.6 Å². The maximum absolute atomic E-state index is 12.9. The van der Waals surface area contributed by atoms with Crippen molar-refractivity contribution in [2.24, 2.45) is 0 Å².